The van der Waals surface area contributed by atoms with Crippen LogP contribution in [-0.2, 0) is 0 Å². The van der Waals surface area contributed by atoms with Gasteiger partial charge >= 0.3 is 0 Å². The first-order valence-corrected chi connectivity index (χ1v) is 8.77. The van der Waals surface area contributed by atoms with Crippen LogP contribution in [-0.4, -0.2) is 11.9 Å². The molecule has 5 heteroatoms. The van der Waals surface area contributed by atoms with E-state index in [9.17, 15) is 4.79 Å². The Morgan fingerprint density at radius 3 is 2.71 bits per heavy atom. The van der Waals surface area contributed by atoms with Crippen molar-refractivity contribution < 1.29 is 4.79 Å². The average Bonchev–Trinajstić information content (AvgIpc) is 2.73. The Morgan fingerprint density at radius 1 is 1.33 bits per heavy atom. The molecule has 0 spiro atoms. The molecule has 21 heavy (non-hydrogen) atoms. The molecule has 3 N–H and O–H groups in total. The molecule has 1 amide bonds. The van der Waals surface area contributed by atoms with Crippen LogP contribution in [0.1, 0.15) is 43.3 Å². The third kappa shape index (κ3) is 3.98. The maximum absolute atomic E-state index is 12.4. The molecule has 1 aromatic heterocycles. The summed E-state index contributed by atoms with van der Waals surface area (Å²) in [5.41, 5.74) is 6.70. The van der Waals surface area contributed by atoms with Gasteiger partial charge in [0.25, 0.3) is 5.91 Å². The van der Waals surface area contributed by atoms with E-state index in [1.54, 1.807) is 0 Å². The number of amides is 1. The highest BCUT2D eigenvalue weighted by molar-refractivity contribution is 9.10. The van der Waals surface area contributed by atoms with Gasteiger partial charge < -0.3 is 11.1 Å². The normalized spacial score (nSPS) is 12.8. The number of fused-ring (bicyclic) bond motifs is 1. The zero-order valence-corrected chi connectivity index (χ0v) is 15.0. The van der Waals surface area contributed by atoms with Crippen LogP contribution in [0.5, 0.6) is 0 Å². The van der Waals surface area contributed by atoms with Crippen molar-refractivity contribution in [3.63, 3.8) is 0 Å². The second-order valence-corrected chi connectivity index (χ2v) is 7.80. The summed E-state index contributed by atoms with van der Waals surface area (Å²) in [7, 11) is 0. The monoisotopic (exact) mass is 368 g/mol. The number of carbonyl (C=O) groups excluding carboxylic acids is 1. The van der Waals surface area contributed by atoms with Gasteiger partial charge in [-0.3, -0.25) is 4.79 Å². The molecule has 1 atom stereocenters. The van der Waals surface area contributed by atoms with Crippen molar-refractivity contribution in [3.05, 3.63) is 27.5 Å². The van der Waals surface area contributed by atoms with Crippen molar-refractivity contribution in [1.29, 1.82) is 0 Å². The molecular formula is C16H21BrN2OS. The lowest BCUT2D eigenvalue weighted by molar-refractivity contribution is 0.0942. The smallest absolute Gasteiger partial charge is 0.263 e. The molecule has 0 saturated carbocycles. The first kappa shape index (κ1) is 16.3. The minimum atomic E-state index is -0.0684. The van der Waals surface area contributed by atoms with Crippen molar-refractivity contribution in [2.75, 3.05) is 5.73 Å². The quantitative estimate of drug-likeness (QED) is 0.795. The number of hydrogen-bond donors (Lipinski definition) is 2. The van der Waals surface area contributed by atoms with Gasteiger partial charge in [0.15, 0.2) is 0 Å². The fraction of sp³-hybridized carbons (Fsp3) is 0.438. The van der Waals surface area contributed by atoms with Crippen LogP contribution < -0.4 is 11.1 Å². The van der Waals surface area contributed by atoms with Gasteiger partial charge in [-0.1, -0.05) is 35.8 Å². The van der Waals surface area contributed by atoms with Crippen molar-refractivity contribution in [3.8, 4) is 0 Å². The van der Waals surface area contributed by atoms with Crippen molar-refractivity contribution in [1.82, 2.24) is 5.32 Å². The van der Waals surface area contributed by atoms with Crippen LogP contribution in [0.2, 0.25) is 0 Å². The standard InChI is InChI=1S/C16H21BrN2OS/c1-9(2)4-5-10(3)19-16(20)15-14(18)12-7-6-11(17)8-13(12)21-15/h6-10H,4-5,18H2,1-3H3,(H,19,20). The molecule has 0 aliphatic carbocycles. The van der Waals surface area contributed by atoms with Crippen LogP contribution in [0.3, 0.4) is 0 Å². The van der Waals surface area contributed by atoms with E-state index in [0.717, 1.165) is 27.4 Å². The lowest BCUT2D eigenvalue weighted by Gasteiger charge is -2.14. The number of thiophene rings is 1. The number of halogens is 1. The third-order valence-electron chi connectivity index (χ3n) is 3.45. The van der Waals surface area contributed by atoms with Gasteiger partial charge in [-0.15, -0.1) is 11.3 Å². The van der Waals surface area contributed by atoms with Gasteiger partial charge in [0, 0.05) is 20.6 Å². The fourth-order valence-corrected chi connectivity index (χ4v) is 3.78. The number of nitrogen functional groups attached to an aromatic ring is 1. The topological polar surface area (TPSA) is 55.1 Å². The zero-order chi connectivity index (χ0) is 15.6. The van der Waals surface area contributed by atoms with Crippen LogP contribution in [0.25, 0.3) is 10.1 Å². The molecule has 3 nitrogen and oxygen atoms in total. The van der Waals surface area contributed by atoms with Gasteiger partial charge in [0.1, 0.15) is 4.88 Å². The van der Waals surface area contributed by atoms with Crippen molar-refractivity contribution in [2.24, 2.45) is 5.92 Å². The Balaban J connectivity index is 2.14. The van der Waals surface area contributed by atoms with E-state index >= 15 is 0 Å². The van der Waals surface area contributed by atoms with E-state index in [1.165, 1.54) is 11.3 Å². The molecule has 0 aliphatic heterocycles. The molecule has 1 unspecified atom stereocenters. The summed E-state index contributed by atoms with van der Waals surface area (Å²) in [6.45, 7) is 6.42. The average molecular weight is 369 g/mol. The van der Waals surface area contributed by atoms with Crippen molar-refractivity contribution in [2.45, 2.75) is 39.7 Å². The summed E-state index contributed by atoms with van der Waals surface area (Å²) in [5, 5.41) is 4.00. The number of rotatable bonds is 5. The summed E-state index contributed by atoms with van der Waals surface area (Å²) >= 11 is 4.89. The van der Waals surface area contributed by atoms with Gasteiger partial charge in [-0.2, -0.15) is 0 Å². The molecule has 0 fully saturated rings. The highest BCUT2D eigenvalue weighted by Gasteiger charge is 2.18. The Bertz CT molecular complexity index is 651. The number of nitrogens with one attached hydrogen (secondary N) is 1. The number of anilines is 1. The minimum Gasteiger partial charge on any atom is -0.397 e. The highest BCUT2D eigenvalue weighted by atomic mass is 79.9. The first-order valence-electron chi connectivity index (χ1n) is 7.17. The summed E-state index contributed by atoms with van der Waals surface area (Å²) in [6.07, 6.45) is 2.09. The second kappa shape index (κ2) is 6.79. The fourth-order valence-electron chi connectivity index (χ4n) is 2.20. The molecule has 2 rings (SSSR count). The zero-order valence-electron chi connectivity index (χ0n) is 12.6. The predicted molar refractivity (Wildman–Crippen MR) is 94.9 cm³/mol. The van der Waals surface area contributed by atoms with Crippen molar-refractivity contribution >= 4 is 48.9 Å². The number of nitrogens with two attached hydrogens (primary N) is 1. The molecule has 0 saturated heterocycles. The Labute approximate surface area is 138 Å². The lowest BCUT2D eigenvalue weighted by Crippen LogP contribution is -2.32. The van der Waals surface area contributed by atoms with Gasteiger partial charge in [0.05, 0.1) is 5.69 Å². The molecule has 0 aliphatic rings. The Kier molecular flexibility index (Phi) is 5.27. The molecule has 1 aromatic carbocycles. The number of benzene rings is 1. The highest BCUT2D eigenvalue weighted by Crippen LogP contribution is 2.35. The van der Waals surface area contributed by atoms with Crippen LogP contribution >= 0.6 is 27.3 Å². The van der Waals surface area contributed by atoms with E-state index in [0.29, 0.717) is 16.5 Å². The van der Waals surface area contributed by atoms with Crippen LogP contribution in [0, 0.1) is 5.92 Å². The van der Waals surface area contributed by atoms with Gasteiger partial charge in [0.2, 0.25) is 0 Å². The summed E-state index contributed by atoms with van der Waals surface area (Å²) in [6, 6.07) is 6.05. The third-order valence-corrected chi connectivity index (χ3v) is 5.11. The minimum absolute atomic E-state index is 0.0684. The molecule has 0 radical (unpaired) electrons. The molecule has 0 bridgehead atoms. The maximum Gasteiger partial charge on any atom is 0.263 e. The number of hydrogen-bond acceptors (Lipinski definition) is 3. The van der Waals surface area contributed by atoms with Crippen LogP contribution in [0.15, 0.2) is 22.7 Å². The van der Waals surface area contributed by atoms with E-state index in [-0.39, 0.29) is 11.9 Å². The molecule has 2 aromatic rings. The largest absolute Gasteiger partial charge is 0.397 e. The molecule has 1 heterocycles. The predicted octanol–water partition coefficient (Wildman–Crippen LogP) is 4.80. The van der Waals surface area contributed by atoms with E-state index < -0.39 is 0 Å². The lowest BCUT2D eigenvalue weighted by atomic mass is 10.0. The summed E-state index contributed by atoms with van der Waals surface area (Å²) < 4.78 is 2.02. The molecule has 114 valence electrons. The Morgan fingerprint density at radius 2 is 2.05 bits per heavy atom. The molecular weight excluding hydrogens is 348 g/mol. The maximum atomic E-state index is 12.4. The van der Waals surface area contributed by atoms with E-state index in [1.807, 2.05) is 25.1 Å². The van der Waals surface area contributed by atoms with Crippen LogP contribution in [0.4, 0.5) is 5.69 Å². The summed E-state index contributed by atoms with van der Waals surface area (Å²) in [4.78, 5) is 13.0. The Hall–Kier alpha value is -1.07. The summed E-state index contributed by atoms with van der Waals surface area (Å²) in [5.74, 6) is 0.581. The number of carbonyl (C=O) groups is 1. The first-order chi connectivity index (χ1) is 9.88. The van der Waals surface area contributed by atoms with Gasteiger partial charge in [-0.25, -0.2) is 0 Å². The SMILES string of the molecule is CC(C)CCC(C)NC(=O)c1sc2cc(Br)ccc2c1N. The van der Waals surface area contributed by atoms with E-state index in [4.69, 9.17) is 5.73 Å². The van der Waals surface area contributed by atoms with Gasteiger partial charge in [-0.05, 0) is 37.8 Å². The van der Waals surface area contributed by atoms with E-state index in [2.05, 4.69) is 35.1 Å². The second-order valence-electron chi connectivity index (χ2n) is 5.83.